The number of carbonyl (C=O) groups excluding carboxylic acids is 1. The number of pyridine rings is 1. The highest BCUT2D eigenvalue weighted by atomic mass is 127. The third-order valence-corrected chi connectivity index (χ3v) is 3.69. The predicted molar refractivity (Wildman–Crippen MR) is 84.1 cm³/mol. The maximum Gasteiger partial charge on any atom is 0.274 e. The molecule has 0 aliphatic heterocycles. The van der Waals surface area contributed by atoms with Crippen LogP contribution < -0.4 is 5.32 Å². The highest BCUT2D eigenvalue weighted by Crippen LogP contribution is 2.24. The fourth-order valence-electron chi connectivity index (χ4n) is 1.29. The number of halogens is 3. The third kappa shape index (κ3) is 3.43. The van der Waals surface area contributed by atoms with E-state index in [-0.39, 0.29) is 5.91 Å². The van der Waals surface area contributed by atoms with E-state index < -0.39 is 0 Å². The van der Waals surface area contributed by atoms with Gasteiger partial charge in [-0.3, -0.25) is 4.79 Å². The first kappa shape index (κ1) is 13.8. The Morgan fingerprint density at radius 1 is 1.33 bits per heavy atom. The van der Waals surface area contributed by atoms with Crippen molar-refractivity contribution in [3.63, 3.8) is 0 Å². The number of hydrogen-bond acceptors (Lipinski definition) is 2. The summed E-state index contributed by atoms with van der Waals surface area (Å²) in [6.07, 6.45) is 1.44. The van der Waals surface area contributed by atoms with Crippen LogP contribution in [0.3, 0.4) is 0 Å². The van der Waals surface area contributed by atoms with Gasteiger partial charge in [-0.05, 0) is 68.9 Å². The summed E-state index contributed by atoms with van der Waals surface area (Å²) in [5.74, 6) is -0.270. The Bertz CT molecular complexity index is 589. The van der Waals surface area contributed by atoms with Crippen molar-refractivity contribution in [3.05, 3.63) is 55.3 Å². The van der Waals surface area contributed by atoms with Crippen LogP contribution in [0, 0.1) is 3.57 Å². The number of amides is 1. The minimum absolute atomic E-state index is 0.270. The average Bonchev–Trinajstić information content (AvgIpc) is 2.33. The highest BCUT2D eigenvalue weighted by molar-refractivity contribution is 14.1. The molecule has 1 heterocycles. The number of aromatic nitrogens is 1. The Labute approximate surface area is 131 Å². The zero-order valence-corrected chi connectivity index (χ0v) is 13.5. The summed E-state index contributed by atoms with van der Waals surface area (Å²) in [6.45, 7) is 0. The quantitative estimate of drug-likeness (QED) is 0.710. The van der Waals surface area contributed by atoms with Gasteiger partial charge in [0.1, 0.15) is 5.69 Å². The summed E-state index contributed by atoms with van der Waals surface area (Å²) in [7, 11) is 0. The molecule has 0 saturated heterocycles. The van der Waals surface area contributed by atoms with Crippen LogP contribution in [0.1, 0.15) is 10.5 Å². The smallest absolute Gasteiger partial charge is 0.274 e. The van der Waals surface area contributed by atoms with Crippen LogP contribution in [0.2, 0.25) is 5.02 Å². The zero-order valence-electron chi connectivity index (χ0n) is 8.95. The fraction of sp³-hybridized carbons (Fsp3) is 0. The molecule has 0 fully saturated rings. The molecule has 1 aromatic heterocycles. The first-order chi connectivity index (χ1) is 8.56. The lowest BCUT2D eigenvalue weighted by atomic mass is 10.3. The zero-order chi connectivity index (χ0) is 13.1. The lowest BCUT2D eigenvalue weighted by molar-refractivity contribution is 0.102. The van der Waals surface area contributed by atoms with Crippen molar-refractivity contribution >= 4 is 61.7 Å². The van der Waals surface area contributed by atoms with Gasteiger partial charge in [0, 0.05) is 14.2 Å². The van der Waals surface area contributed by atoms with E-state index >= 15 is 0 Å². The minimum Gasteiger partial charge on any atom is -0.320 e. The standard InChI is InChI=1S/C12H7BrClIN2O/c13-9-5-8(15)2-4-10(9)17-12(18)11-3-1-7(14)6-16-11/h1-6H,(H,17,18). The van der Waals surface area contributed by atoms with Crippen molar-refractivity contribution in [2.45, 2.75) is 0 Å². The van der Waals surface area contributed by atoms with Crippen molar-refractivity contribution in [1.29, 1.82) is 0 Å². The van der Waals surface area contributed by atoms with Crippen LogP contribution in [0.5, 0.6) is 0 Å². The van der Waals surface area contributed by atoms with Gasteiger partial charge < -0.3 is 5.32 Å². The molecular weight excluding hydrogens is 430 g/mol. The van der Waals surface area contributed by atoms with Crippen molar-refractivity contribution in [2.75, 3.05) is 5.32 Å². The first-order valence-electron chi connectivity index (χ1n) is 4.94. The van der Waals surface area contributed by atoms with Crippen LogP contribution in [0.25, 0.3) is 0 Å². The molecule has 0 spiro atoms. The molecule has 3 nitrogen and oxygen atoms in total. The van der Waals surface area contributed by atoms with Crippen LogP contribution in [0.15, 0.2) is 41.0 Å². The second kappa shape index (κ2) is 5.99. The summed E-state index contributed by atoms with van der Waals surface area (Å²) in [6, 6.07) is 8.88. The molecular formula is C12H7BrClIN2O. The first-order valence-corrected chi connectivity index (χ1v) is 7.19. The van der Waals surface area contributed by atoms with Gasteiger partial charge in [0.25, 0.3) is 5.91 Å². The average molecular weight is 437 g/mol. The molecule has 2 rings (SSSR count). The summed E-state index contributed by atoms with van der Waals surface area (Å²) < 4.78 is 1.92. The lowest BCUT2D eigenvalue weighted by Gasteiger charge is -2.07. The van der Waals surface area contributed by atoms with Gasteiger partial charge in [-0.25, -0.2) is 4.98 Å². The summed E-state index contributed by atoms with van der Waals surface area (Å²) in [5, 5.41) is 3.28. The number of carbonyl (C=O) groups is 1. The molecule has 0 atom stereocenters. The molecule has 2 aromatic rings. The molecule has 18 heavy (non-hydrogen) atoms. The molecule has 1 N–H and O–H groups in total. The van der Waals surface area contributed by atoms with Crippen molar-refractivity contribution in [2.24, 2.45) is 0 Å². The van der Waals surface area contributed by atoms with Crippen molar-refractivity contribution < 1.29 is 4.79 Å². The third-order valence-electron chi connectivity index (χ3n) is 2.14. The molecule has 0 saturated carbocycles. The number of rotatable bonds is 2. The molecule has 1 aromatic carbocycles. The topological polar surface area (TPSA) is 42.0 Å². The van der Waals surface area contributed by atoms with E-state index in [0.717, 1.165) is 8.04 Å². The number of hydrogen-bond donors (Lipinski definition) is 1. The molecule has 0 bridgehead atoms. The van der Waals surface area contributed by atoms with Gasteiger partial charge in [0.2, 0.25) is 0 Å². The van der Waals surface area contributed by atoms with E-state index in [1.807, 2.05) is 18.2 Å². The van der Waals surface area contributed by atoms with Gasteiger partial charge in [0.05, 0.1) is 10.7 Å². The van der Waals surface area contributed by atoms with E-state index in [1.165, 1.54) is 6.20 Å². The van der Waals surface area contributed by atoms with Crippen LogP contribution >= 0.6 is 50.1 Å². The van der Waals surface area contributed by atoms with Crippen LogP contribution in [-0.4, -0.2) is 10.9 Å². The number of nitrogens with zero attached hydrogens (tertiary/aromatic N) is 1. The second-order valence-electron chi connectivity index (χ2n) is 3.44. The van der Waals surface area contributed by atoms with Gasteiger partial charge in [-0.2, -0.15) is 0 Å². The van der Waals surface area contributed by atoms with Crippen molar-refractivity contribution in [1.82, 2.24) is 4.98 Å². The van der Waals surface area contributed by atoms with E-state index in [4.69, 9.17) is 11.6 Å². The van der Waals surface area contributed by atoms with Crippen LogP contribution in [-0.2, 0) is 0 Å². The lowest BCUT2D eigenvalue weighted by Crippen LogP contribution is -2.13. The Morgan fingerprint density at radius 3 is 2.72 bits per heavy atom. The van der Waals surface area contributed by atoms with Crippen LogP contribution in [0.4, 0.5) is 5.69 Å². The molecule has 0 radical (unpaired) electrons. The molecule has 0 aliphatic carbocycles. The largest absolute Gasteiger partial charge is 0.320 e. The Balaban J connectivity index is 2.18. The molecule has 1 amide bonds. The van der Waals surface area contributed by atoms with Gasteiger partial charge in [-0.15, -0.1) is 0 Å². The molecule has 0 unspecified atom stereocenters. The number of benzene rings is 1. The number of anilines is 1. The van der Waals surface area contributed by atoms with E-state index in [9.17, 15) is 4.79 Å². The maximum absolute atomic E-state index is 11.9. The molecule has 92 valence electrons. The Kier molecular flexibility index (Phi) is 4.58. The van der Waals surface area contributed by atoms with Gasteiger partial charge in [0.15, 0.2) is 0 Å². The normalized spacial score (nSPS) is 10.2. The summed E-state index contributed by atoms with van der Waals surface area (Å²) >= 11 is 11.3. The number of nitrogens with one attached hydrogen (secondary N) is 1. The summed E-state index contributed by atoms with van der Waals surface area (Å²) in [4.78, 5) is 15.9. The molecule has 6 heteroatoms. The van der Waals surface area contributed by atoms with Gasteiger partial charge in [-0.1, -0.05) is 11.6 Å². The molecule has 0 aliphatic rings. The summed E-state index contributed by atoms with van der Waals surface area (Å²) in [5.41, 5.74) is 1.03. The Hall–Kier alpha value is -0.660. The van der Waals surface area contributed by atoms with Crippen molar-refractivity contribution in [3.8, 4) is 0 Å². The second-order valence-corrected chi connectivity index (χ2v) is 5.98. The van der Waals surface area contributed by atoms with E-state index in [2.05, 4.69) is 48.8 Å². The maximum atomic E-state index is 11.9. The fourth-order valence-corrected chi connectivity index (χ4v) is 2.80. The minimum atomic E-state index is -0.270. The van der Waals surface area contributed by atoms with Gasteiger partial charge >= 0.3 is 0 Å². The highest BCUT2D eigenvalue weighted by Gasteiger charge is 2.09. The SMILES string of the molecule is O=C(Nc1ccc(I)cc1Br)c1ccc(Cl)cn1. The Morgan fingerprint density at radius 2 is 2.11 bits per heavy atom. The predicted octanol–water partition coefficient (Wildman–Crippen LogP) is 4.35. The van der Waals surface area contributed by atoms with E-state index in [0.29, 0.717) is 16.4 Å². The van der Waals surface area contributed by atoms with E-state index in [1.54, 1.807) is 12.1 Å². The monoisotopic (exact) mass is 436 g/mol.